The number of para-hydroxylation sites is 1. The summed E-state index contributed by atoms with van der Waals surface area (Å²) >= 11 is 0. The number of likely N-dealkylation sites (tertiary alicyclic amines) is 1. The van der Waals surface area contributed by atoms with Crippen LogP contribution >= 0.6 is 0 Å². The van der Waals surface area contributed by atoms with Crippen LogP contribution in [0.15, 0.2) is 54.7 Å². The van der Waals surface area contributed by atoms with E-state index in [2.05, 4.69) is 16.0 Å². The van der Waals surface area contributed by atoms with E-state index in [4.69, 9.17) is 4.74 Å². The molecular formula is C26H32FN3O3. The number of aromatic nitrogens is 1. The molecule has 0 spiro atoms. The van der Waals surface area contributed by atoms with Gasteiger partial charge < -0.3 is 19.7 Å². The zero-order valence-electron chi connectivity index (χ0n) is 19.4. The molecule has 2 atom stereocenters. The van der Waals surface area contributed by atoms with Gasteiger partial charge in [-0.2, -0.15) is 0 Å². The topological polar surface area (TPSA) is 68.8 Å². The van der Waals surface area contributed by atoms with E-state index in [0.29, 0.717) is 25.2 Å². The second-order valence-electron chi connectivity index (χ2n) is 9.69. The largest absolute Gasteiger partial charge is 0.444 e. The summed E-state index contributed by atoms with van der Waals surface area (Å²) in [6.45, 7) is 6.94. The summed E-state index contributed by atoms with van der Waals surface area (Å²) in [6.07, 6.45) is 1.55. The lowest BCUT2D eigenvalue weighted by Crippen LogP contribution is -2.44. The van der Waals surface area contributed by atoms with Crippen LogP contribution in [0.25, 0.3) is 10.9 Å². The van der Waals surface area contributed by atoms with Gasteiger partial charge in [-0.25, -0.2) is 9.18 Å². The Kier molecular flexibility index (Phi) is 6.72. The van der Waals surface area contributed by atoms with Crippen molar-refractivity contribution >= 4 is 17.0 Å². The third-order valence-corrected chi connectivity index (χ3v) is 6.05. The van der Waals surface area contributed by atoms with E-state index in [1.165, 1.54) is 11.6 Å². The number of benzene rings is 2. The second-order valence-corrected chi connectivity index (χ2v) is 9.69. The highest BCUT2D eigenvalue weighted by Gasteiger charge is 2.39. The van der Waals surface area contributed by atoms with Gasteiger partial charge in [-0.05, 0) is 44.9 Å². The number of halogens is 1. The third-order valence-electron chi connectivity index (χ3n) is 6.05. The molecule has 0 unspecified atom stereocenters. The number of β-amino-alcohol motifs (C(OH)–C–C–N with tert-alkyl or cyclic N) is 1. The summed E-state index contributed by atoms with van der Waals surface area (Å²) in [4.78, 5) is 19.5. The van der Waals surface area contributed by atoms with Crippen molar-refractivity contribution in [2.45, 2.75) is 51.5 Å². The van der Waals surface area contributed by atoms with Crippen molar-refractivity contribution in [3.63, 3.8) is 0 Å². The normalized spacial score (nSPS) is 18.9. The number of H-pyrrole nitrogens is 1. The number of nitrogens with one attached hydrogen (secondary N) is 1. The first-order valence-electron chi connectivity index (χ1n) is 11.4. The van der Waals surface area contributed by atoms with Gasteiger partial charge in [0.25, 0.3) is 0 Å². The number of hydrogen-bond donors (Lipinski definition) is 2. The van der Waals surface area contributed by atoms with Crippen molar-refractivity contribution in [2.75, 3.05) is 19.6 Å². The van der Waals surface area contributed by atoms with Crippen molar-refractivity contribution in [3.05, 3.63) is 71.7 Å². The molecule has 0 bridgehead atoms. The molecule has 7 heteroatoms. The summed E-state index contributed by atoms with van der Waals surface area (Å²) < 4.78 is 20.0. The summed E-state index contributed by atoms with van der Waals surface area (Å²) in [5.41, 5.74) is 2.20. The first kappa shape index (κ1) is 23.3. The fourth-order valence-corrected chi connectivity index (χ4v) is 4.41. The van der Waals surface area contributed by atoms with E-state index in [1.54, 1.807) is 17.0 Å². The zero-order valence-corrected chi connectivity index (χ0v) is 19.4. The van der Waals surface area contributed by atoms with Gasteiger partial charge in [0.15, 0.2) is 0 Å². The van der Waals surface area contributed by atoms with Crippen molar-refractivity contribution in [1.29, 1.82) is 0 Å². The fraction of sp³-hybridized carbons (Fsp3) is 0.423. The number of carbonyl (C=O) groups excluding carboxylic acids is 1. The van der Waals surface area contributed by atoms with Gasteiger partial charge in [-0.1, -0.05) is 36.4 Å². The maximum absolute atomic E-state index is 14.5. The van der Waals surface area contributed by atoms with Gasteiger partial charge in [0.1, 0.15) is 11.4 Å². The van der Waals surface area contributed by atoms with Gasteiger partial charge in [0, 0.05) is 42.3 Å². The Labute approximate surface area is 194 Å². The van der Waals surface area contributed by atoms with Gasteiger partial charge in [-0.3, -0.25) is 4.90 Å². The summed E-state index contributed by atoms with van der Waals surface area (Å²) in [6, 6.07) is 14.5. The minimum Gasteiger partial charge on any atom is -0.444 e. The van der Waals surface area contributed by atoms with Crippen LogP contribution in [0.4, 0.5) is 9.18 Å². The summed E-state index contributed by atoms with van der Waals surface area (Å²) in [7, 11) is 0. The van der Waals surface area contributed by atoms with Crippen LogP contribution < -0.4 is 0 Å². The molecule has 1 saturated heterocycles. The number of carbonyl (C=O) groups is 1. The van der Waals surface area contributed by atoms with Crippen LogP contribution in [-0.4, -0.2) is 63.4 Å². The average molecular weight is 454 g/mol. The molecule has 1 fully saturated rings. The molecule has 0 radical (unpaired) electrons. The Morgan fingerprint density at radius 2 is 1.88 bits per heavy atom. The Bertz CT molecular complexity index is 1110. The van der Waals surface area contributed by atoms with Crippen LogP contribution in [0, 0.1) is 5.82 Å². The molecule has 0 saturated carbocycles. The lowest BCUT2D eigenvalue weighted by molar-refractivity contribution is 0.0269. The number of hydrogen-bond acceptors (Lipinski definition) is 4. The number of nitrogens with zero attached hydrogens (tertiary/aromatic N) is 2. The highest BCUT2D eigenvalue weighted by molar-refractivity contribution is 5.83. The number of amides is 1. The maximum Gasteiger partial charge on any atom is 0.410 e. The molecule has 6 nitrogen and oxygen atoms in total. The number of rotatable bonds is 6. The predicted octanol–water partition coefficient (Wildman–Crippen LogP) is 4.33. The van der Waals surface area contributed by atoms with Crippen LogP contribution in [0.1, 0.15) is 31.9 Å². The number of fused-ring (bicyclic) bond motifs is 1. The number of aliphatic hydroxyl groups is 1. The zero-order chi connectivity index (χ0) is 23.6. The van der Waals surface area contributed by atoms with Crippen LogP contribution in [0.2, 0.25) is 0 Å². The summed E-state index contributed by atoms with van der Waals surface area (Å²) in [5.74, 6) is -0.272. The van der Waals surface area contributed by atoms with Crippen LogP contribution in [-0.2, 0) is 17.7 Å². The SMILES string of the molecule is CC(C)(C)OC(=O)N1C[C@@H](O)[C@H](N(CCc2c[nH]c3ccccc23)Cc2ccccc2F)C1. The summed E-state index contributed by atoms with van der Waals surface area (Å²) in [5, 5.41) is 12.0. The number of aliphatic hydroxyl groups excluding tert-OH is 1. The second kappa shape index (κ2) is 9.53. The van der Waals surface area contributed by atoms with Gasteiger partial charge in [0.05, 0.1) is 18.7 Å². The van der Waals surface area contributed by atoms with E-state index in [0.717, 1.165) is 17.3 Å². The van der Waals surface area contributed by atoms with Crippen molar-refractivity contribution in [3.8, 4) is 0 Å². The average Bonchev–Trinajstić information content (AvgIpc) is 3.35. The molecule has 2 N–H and O–H groups in total. The lowest BCUT2D eigenvalue weighted by Gasteiger charge is -2.31. The molecule has 176 valence electrons. The maximum atomic E-state index is 14.5. The highest BCUT2D eigenvalue weighted by Crippen LogP contribution is 2.24. The van der Waals surface area contributed by atoms with Crippen molar-refractivity contribution < 1.29 is 19.0 Å². The standard InChI is InChI=1S/C26H32FN3O3/c1-26(2,3)33-25(32)30-16-23(24(31)17-30)29(15-19-8-4-6-10-21(19)27)13-12-18-14-28-22-11-7-5-9-20(18)22/h4-11,14,23-24,28,31H,12-13,15-17H2,1-3H3/t23-,24-/m1/s1. The van der Waals surface area contributed by atoms with Gasteiger partial charge >= 0.3 is 6.09 Å². The minimum absolute atomic E-state index is 0.195. The monoisotopic (exact) mass is 453 g/mol. The van der Waals surface area contributed by atoms with E-state index in [-0.39, 0.29) is 18.4 Å². The number of aromatic amines is 1. The lowest BCUT2D eigenvalue weighted by atomic mass is 10.1. The molecule has 2 heterocycles. The third kappa shape index (κ3) is 5.54. The molecular weight excluding hydrogens is 421 g/mol. The Hall–Kier alpha value is -2.90. The Balaban J connectivity index is 1.53. The molecule has 3 aromatic rings. The van der Waals surface area contributed by atoms with E-state index >= 15 is 0 Å². The minimum atomic E-state index is -0.743. The molecule has 1 amide bonds. The molecule has 1 aliphatic heterocycles. The molecule has 1 aliphatic rings. The molecule has 4 rings (SSSR count). The molecule has 0 aliphatic carbocycles. The molecule has 33 heavy (non-hydrogen) atoms. The Morgan fingerprint density at radius 3 is 2.64 bits per heavy atom. The van der Waals surface area contributed by atoms with E-state index < -0.39 is 17.8 Å². The van der Waals surface area contributed by atoms with Crippen molar-refractivity contribution in [2.24, 2.45) is 0 Å². The first-order valence-corrected chi connectivity index (χ1v) is 11.4. The first-order chi connectivity index (χ1) is 15.7. The van der Waals surface area contributed by atoms with E-state index in [1.807, 2.05) is 51.2 Å². The van der Waals surface area contributed by atoms with E-state index in [9.17, 15) is 14.3 Å². The molecule has 1 aromatic heterocycles. The smallest absolute Gasteiger partial charge is 0.410 e. The quantitative estimate of drug-likeness (QED) is 0.583. The fourth-order valence-electron chi connectivity index (χ4n) is 4.41. The van der Waals surface area contributed by atoms with Gasteiger partial charge in [0.2, 0.25) is 0 Å². The van der Waals surface area contributed by atoms with Crippen LogP contribution in [0.5, 0.6) is 0 Å². The Morgan fingerprint density at radius 1 is 1.15 bits per heavy atom. The van der Waals surface area contributed by atoms with Crippen molar-refractivity contribution in [1.82, 2.24) is 14.8 Å². The highest BCUT2D eigenvalue weighted by atomic mass is 19.1. The molecule has 2 aromatic carbocycles. The van der Waals surface area contributed by atoms with Gasteiger partial charge in [-0.15, -0.1) is 0 Å². The predicted molar refractivity (Wildman–Crippen MR) is 126 cm³/mol. The van der Waals surface area contributed by atoms with Crippen LogP contribution in [0.3, 0.4) is 0 Å². The number of ether oxygens (including phenoxy) is 1.